The van der Waals surface area contributed by atoms with E-state index in [-0.39, 0.29) is 5.92 Å². The van der Waals surface area contributed by atoms with Crippen LogP contribution in [0.4, 0.5) is 0 Å². The third kappa shape index (κ3) is 0.841. The lowest BCUT2D eigenvalue weighted by molar-refractivity contribution is -0.138. The number of hydrogen-bond donors (Lipinski definition) is 2. The summed E-state index contributed by atoms with van der Waals surface area (Å²) >= 11 is 0. The molecule has 1 heterocycles. The molecule has 0 fully saturated rings. The molecule has 0 aliphatic heterocycles. The van der Waals surface area contributed by atoms with Crippen LogP contribution in [0.3, 0.4) is 0 Å². The fourth-order valence-electron chi connectivity index (χ4n) is 1.81. The van der Waals surface area contributed by atoms with E-state index in [1.165, 1.54) is 0 Å². The summed E-state index contributed by atoms with van der Waals surface area (Å²) in [6, 6.07) is 0. The van der Waals surface area contributed by atoms with Crippen LogP contribution in [0.1, 0.15) is 29.3 Å². The number of carboxylic acids is 1. The van der Waals surface area contributed by atoms with Gasteiger partial charge in [0.25, 0.3) is 0 Å². The van der Waals surface area contributed by atoms with Crippen LogP contribution in [0.2, 0.25) is 0 Å². The molecule has 0 saturated carbocycles. The molecule has 1 unspecified atom stereocenters. The molecule has 0 radical (unpaired) electrons. The van der Waals surface area contributed by atoms with Crippen molar-refractivity contribution in [1.82, 2.24) is 10.2 Å². The quantitative estimate of drug-likeness (QED) is 0.649. The summed E-state index contributed by atoms with van der Waals surface area (Å²) in [7, 11) is 0. The van der Waals surface area contributed by atoms with Gasteiger partial charge in [0, 0.05) is 11.3 Å². The summed E-state index contributed by atoms with van der Waals surface area (Å²) in [4.78, 5) is 10.8. The summed E-state index contributed by atoms with van der Waals surface area (Å²) < 4.78 is 0. The number of aliphatic carboxylic acids is 1. The molecule has 0 saturated heterocycles. The zero-order chi connectivity index (χ0) is 8.72. The number of carboxylic acid groups (broad SMARTS) is 1. The van der Waals surface area contributed by atoms with Crippen LogP contribution in [-0.4, -0.2) is 21.3 Å². The van der Waals surface area contributed by atoms with Gasteiger partial charge < -0.3 is 5.11 Å². The average Bonchev–Trinajstić information content (AvgIpc) is 2.53. The zero-order valence-corrected chi connectivity index (χ0v) is 6.79. The van der Waals surface area contributed by atoms with Crippen molar-refractivity contribution >= 4 is 5.97 Å². The van der Waals surface area contributed by atoms with Gasteiger partial charge in [-0.2, -0.15) is 5.10 Å². The van der Waals surface area contributed by atoms with Gasteiger partial charge >= 0.3 is 5.97 Å². The molecule has 1 atom stereocenters. The molecular weight excluding hydrogens is 156 g/mol. The summed E-state index contributed by atoms with van der Waals surface area (Å²) in [6.07, 6.45) is 1.49. The number of aryl methyl sites for hydroxylation is 2. The topological polar surface area (TPSA) is 66.0 Å². The van der Waals surface area contributed by atoms with Crippen molar-refractivity contribution in [2.24, 2.45) is 0 Å². The second kappa shape index (κ2) is 2.33. The predicted molar refractivity (Wildman–Crippen MR) is 42.0 cm³/mol. The Bertz CT molecular complexity index is 330. The van der Waals surface area contributed by atoms with Gasteiger partial charge in [-0.15, -0.1) is 0 Å². The second-order valence-electron chi connectivity index (χ2n) is 3.14. The lowest BCUT2D eigenvalue weighted by atomic mass is 10.0. The smallest absolute Gasteiger partial charge is 0.311 e. The average molecular weight is 166 g/mol. The van der Waals surface area contributed by atoms with Gasteiger partial charge in [-0.3, -0.25) is 9.89 Å². The largest absolute Gasteiger partial charge is 0.481 e. The number of nitrogens with zero attached hydrogens (tertiary/aromatic N) is 1. The first kappa shape index (κ1) is 7.34. The number of rotatable bonds is 1. The third-order valence-corrected chi connectivity index (χ3v) is 2.39. The number of hydrogen-bond acceptors (Lipinski definition) is 2. The van der Waals surface area contributed by atoms with Crippen molar-refractivity contribution in [3.63, 3.8) is 0 Å². The van der Waals surface area contributed by atoms with E-state index in [0.717, 1.165) is 23.4 Å². The molecule has 2 N–H and O–H groups in total. The van der Waals surface area contributed by atoms with Gasteiger partial charge in [0.2, 0.25) is 0 Å². The number of aromatic nitrogens is 2. The Morgan fingerprint density at radius 1 is 1.75 bits per heavy atom. The maximum absolute atomic E-state index is 10.8. The number of nitrogens with one attached hydrogen (secondary N) is 1. The van der Waals surface area contributed by atoms with E-state index >= 15 is 0 Å². The van der Waals surface area contributed by atoms with Crippen molar-refractivity contribution < 1.29 is 9.90 Å². The van der Waals surface area contributed by atoms with Gasteiger partial charge in [0.15, 0.2) is 0 Å². The molecule has 2 rings (SSSR count). The van der Waals surface area contributed by atoms with Crippen LogP contribution in [-0.2, 0) is 11.2 Å². The molecule has 4 heteroatoms. The molecule has 0 aromatic carbocycles. The fourth-order valence-corrected chi connectivity index (χ4v) is 1.81. The number of carbonyl (C=O) groups is 1. The highest BCUT2D eigenvalue weighted by Gasteiger charge is 2.31. The monoisotopic (exact) mass is 166 g/mol. The van der Waals surface area contributed by atoms with Crippen LogP contribution >= 0.6 is 0 Å². The molecule has 1 aromatic heterocycles. The number of H-pyrrole nitrogens is 1. The minimum absolute atomic E-state index is 0.334. The molecule has 0 spiro atoms. The highest BCUT2D eigenvalue weighted by Crippen LogP contribution is 2.33. The minimum Gasteiger partial charge on any atom is -0.481 e. The van der Waals surface area contributed by atoms with Crippen LogP contribution in [0.5, 0.6) is 0 Å². The van der Waals surface area contributed by atoms with Crippen molar-refractivity contribution in [3.8, 4) is 0 Å². The first-order valence-electron chi connectivity index (χ1n) is 3.96. The van der Waals surface area contributed by atoms with Gasteiger partial charge in [-0.25, -0.2) is 0 Å². The van der Waals surface area contributed by atoms with Gasteiger partial charge in [-0.05, 0) is 19.8 Å². The molecule has 12 heavy (non-hydrogen) atoms. The van der Waals surface area contributed by atoms with E-state index in [0.29, 0.717) is 6.42 Å². The summed E-state index contributed by atoms with van der Waals surface area (Å²) in [6.45, 7) is 1.87. The Balaban J connectivity index is 2.46. The molecule has 4 nitrogen and oxygen atoms in total. The highest BCUT2D eigenvalue weighted by molar-refractivity contribution is 5.77. The Hall–Kier alpha value is -1.32. The van der Waals surface area contributed by atoms with Crippen LogP contribution in [0.15, 0.2) is 0 Å². The van der Waals surface area contributed by atoms with Crippen molar-refractivity contribution in [2.75, 3.05) is 0 Å². The van der Waals surface area contributed by atoms with Crippen LogP contribution < -0.4 is 0 Å². The first-order chi connectivity index (χ1) is 5.70. The maximum Gasteiger partial charge on any atom is 0.311 e. The van der Waals surface area contributed by atoms with Crippen LogP contribution in [0.25, 0.3) is 0 Å². The van der Waals surface area contributed by atoms with Crippen molar-refractivity contribution in [2.45, 2.75) is 25.7 Å². The van der Waals surface area contributed by atoms with E-state index in [1.807, 2.05) is 6.92 Å². The first-order valence-corrected chi connectivity index (χ1v) is 3.96. The summed E-state index contributed by atoms with van der Waals surface area (Å²) in [5.41, 5.74) is 2.73. The normalized spacial score (nSPS) is 20.9. The molecule has 0 bridgehead atoms. The predicted octanol–water partition coefficient (Wildman–Crippen LogP) is 0.833. The van der Waals surface area contributed by atoms with Crippen molar-refractivity contribution in [1.29, 1.82) is 0 Å². The van der Waals surface area contributed by atoms with Gasteiger partial charge in [0.1, 0.15) is 0 Å². The Morgan fingerprint density at radius 3 is 3.17 bits per heavy atom. The Kier molecular flexibility index (Phi) is 1.43. The fraction of sp³-hybridized carbons (Fsp3) is 0.500. The minimum atomic E-state index is -0.738. The van der Waals surface area contributed by atoms with E-state index in [2.05, 4.69) is 10.2 Å². The maximum atomic E-state index is 10.8. The lowest BCUT2D eigenvalue weighted by Crippen LogP contribution is -2.08. The standard InChI is InChI=1S/C8H10N2O2/c1-4-7-5(8(11)12)2-3-6(7)10-9-4/h5H,2-3H2,1H3,(H,9,10)(H,11,12). The SMILES string of the molecule is Cc1[nH]nc2c1C(C(=O)O)CC2. The van der Waals surface area contributed by atoms with E-state index in [4.69, 9.17) is 5.11 Å². The zero-order valence-electron chi connectivity index (χ0n) is 6.79. The molecule has 64 valence electrons. The van der Waals surface area contributed by atoms with E-state index in [1.54, 1.807) is 0 Å². The molecule has 0 amide bonds. The van der Waals surface area contributed by atoms with Gasteiger partial charge in [0.05, 0.1) is 11.6 Å². The lowest BCUT2D eigenvalue weighted by Gasteiger charge is -2.02. The molecular formula is C8H10N2O2. The second-order valence-corrected chi connectivity index (χ2v) is 3.14. The number of aromatic amines is 1. The van der Waals surface area contributed by atoms with Crippen LogP contribution in [0, 0.1) is 6.92 Å². The molecule has 1 aliphatic rings. The Labute approximate surface area is 69.6 Å². The van der Waals surface area contributed by atoms with Crippen molar-refractivity contribution in [3.05, 3.63) is 17.0 Å². The summed E-state index contributed by atoms with van der Waals surface area (Å²) in [5, 5.41) is 15.7. The number of fused-ring (bicyclic) bond motifs is 1. The summed E-state index contributed by atoms with van der Waals surface area (Å²) in [5.74, 6) is -1.07. The molecule has 1 aliphatic carbocycles. The highest BCUT2D eigenvalue weighted by atomic mass is 16.4. The van der Waals surface area contributed by atoms with E-state index < -0.39 is 5.97 Å². The third-order valence-electron chi connectivity index (χ3n) is 2.39. The Morgan fingerprint density at radius 2 is 2.50 bits per heavy atom. The molecule has 1 aromatic rings. The van der Waals surface area contributed by atoms with Gasteiger partial charge in [-0.1, -0.05) is 0 Å². The van der Waals surface area contributed by atoms with E-state index in [9.17, 15) is 4.79 Å².